The molecule has 2 rings (SSSR count). The maximum atomic E-state index is 13.0. The number of carbonyl (C=O) groups is 1. The first-order valence-corrected chi connectivity index (χ1v) is 7.73. The van der Waals surface area contributed by atoms with E-state index in [4.69, 9.17) is 5.73 Å². The zero-order chi connectivity index (χ0) is 16.1. The topological polar surface area (TPSA) is 71.2 Å². The molecule has 0 saturated carbocycles. The van der Waals surface area contributed by atoms with Crippen molar-refractivity contribution in [1.82, 2.24) is 15.2 Å². The lowest BCUT2D eigenvalue weighted by Gasteiger charge is -2.25. The van der Waals surface area contributed by atoms with Gasteiger partial charge < -0.3 is 16.0 Å². The molecule has 1 heterocycles. The molecule has 0 fully saturated rings. The summed E-state index contributed by atoms with van der Waals surface area (Å²) in [5.74, 6) is -0.507. The fraction of sp³-hybridized carbons (Fsp3) is 0.333. The number of halogens is 1. The normalized spacial score (nSPS) is 12.4. The molecule has 1 unspecified atom stereocenters. The van der Waals surface area contributed by atoms with Crippen molar-refractivity contribution in [2.24, 2.45) is 5.73 Å². The first-order valence-electron chi connectivity index (χ1n) is 6.86. The minimum Gasteiger partial charge on any atom is -0.349 e. The van der Waals surface area contributed by atoms with Crippen LogP contribution in [0.3, 0.4) is 0 Å². The summed E-state index contributed by atoms with van der Waals surface area (Å²) in [6, 6.07) is 6.24. The van der Waals surface area contributed by atoms with E-state index < -0.39 is 0 Å². The number of rotatable bonds is 6. The Hall–Kier alpha value is -1.83. The van der Waals surface area contributed by atoms with E-state index in [1.807, 2.05) is 19.0 Å². The molecular formula is C15H19FN4OS. The monoisotopic (exact) mass is 322 g/mol. The highest BCUT2D eigenvalue weighted by atomic mass is 32.1. The molecule has 1 aromatic heterocycles. The van der Waals surface area contributed by atoms with E-state index >= 15 is 0 Å². The van der Waals surface area contributed by atoms with Gasteiger partial charge in [0.15, 0.2) is 0 Å². The first kappa shape index (κ1) is 16.5. The van der Waals surface area contributed by atoms with Gasteiger partial charge in [0, 0.05) is 18.5 Å². The summed E-state index contributed by atoms with van der Waals surface area (Å²) in [4.78, 5) is 18.2. The van der Waals surface area contributed by atoms with Gasteiger partial charge in [-0.05, 0) is 31.8 Å². The third-order valence-electron chi connectivity index (χ3n) is 3.29. The zero-order valence-corrected chi connectivity index (χ0v) is 13.4. The molecule has 5 nitrogen and oxygen atoms in total. The number of nitrogens with zero attached hydrogens (tertiary/aromatic N) is 2. The molecule has 1 aromatic carbocycles. The number of thiazole rings is 1. The maximum absolute atomic E-state index is 13.0. The van der Waals surface area contributed by atoms with Crippen LogP contribution in [0.25, 0.3) is 0 Å². The van der Waals surface area contributed by atoms with Gasteiger partial charge in [-0.25, -0.2) is 9.37 Å². The van der Waals surface area contributed by atoms with Crippen molar-refractivity contribution in [1.29, 1.82) is 0 Å². The molecule has 1 amide bonds. The Kier molecular flexibility index (Phi) is 5.59. The van der Waals surface area contributed by atoms with E-state index in [2.05, 4.69) is 10.3 Å². The van der Waals surface area contributed by atoms with Gasteiger partial charge in [0.1, 0.15) is 16.5 Å². The third-order valence-corrected chi connectivity index (χ3v) is 4.16. The van der Waals surface area contributed by atoms with Gasteiger partial charge in [0.25, 0.3) is 5.91 Å². The van der Waals surface area contributed by atoms with Crippen LogP contribution in [0.5, 0.6) is 0 Å². The maximum Gasteiger partial charge on any atom is 0.270 e. The number of aromatic nitrogens is 1. The molecule has 22 heavy (non-hydrogen) atoms. The highest BCUT2D eigenvalue weighted by Gasteiger charge is 2.17. The molecule has 2 aromatic rings. The van der Waals surface area contributed by atoms with Crippen LogP contribution in [-0.2, 0) is 6.54 Å². The van der Waals surface area contributed by atoms with Crippen molar-refractivity contribution in [3.8, 4) is 0 Å². The minimum atomic E-state index is -0.276. The first-order chi connectivity index (χ1) is 10.5. The lowest BCUT2D eigenvalue weighted by Crippen LogP contribution is -2.34. The van der Waals surface area contributed by atoms with Gasteiger partial charge in [0.2, 0.25) is 0 Å². The molecule has 1 atom stereocenters. The quantitative estimate of drug-likeness (QED) is 0.850. The molecule has 7 heteroatoms. The van der Waals surface area contributed by atoms with Gasteiger partial charge in [-0.2, -0.15) is 0 Å². The van der Waals surface area contributed by atoms with E-state index in [-0.39, 0.29) is 17.8 Å². The zero-order valence-electron chi connectivity index (χ0n) is 12.5. The predicted octanol–water partition coefficient (Wildman–Crippen LogP) is 1.77. The fourth-order valence-corrected chi connectivity index (χ4v) is 2.73. The number of hydrogen-bond donors (Lipinski definition) is 2. The summed E-state index contributed by atoms with van der Waals surface area (Å²) in [6.07, 6.45) is 0. The SMILES string of the molecule is CN(C)C(CNC(=O)c1csc(CN)n1)c1ccc(F)cc1. The van der Waals surface area contributed by atoms with Crippen molar-refractivity contribution in [2.45, 2.75) is 12.6 Å². The third kappa shape index (κ3) is 4.09. The van der Waals surface area contributed by atoms with Crippen molar-refractivity contribution in [2.75, 3.05) is 20.6 Å². The lowest BCUT2D eigenvalue weighted by atomic mass is 10.1. The van der Waals surface area contributed by atoms with Crippen molar-refractivity contribution < 1.29 is 9.18 Å². The number of nitrogens with two attached hydrogens (primary N) is 1. The van der Waals surface area contributed by atoms with E-state index in [0.717, 1.165) is 10.6 Å². The Morgan fingerprint density at radius 2 is 2.09 bits per heavy atom. The summed E-state index contributed by atoms with van der Waals surface area (Å²) in [5.41, 5.74) is 6.81. The lowest BCUT2D eigenvalue weighted by molar-refractivity contribution is 0.0937. The molecule has 0 aliphatic heterocycles. The summed E-state index contributed by atoms with van der Waals surface area (Å²) >= 11 is 1.37. The van der Waals surface area contributed by atoms with E-state index in [0.29, 0.717) is 18.8 Å². The summed E-state index contributed by atoms with van der Waals surface area (Å²) < 4.78 is 13.0. The molecular weight excluding hydrogens is 303 g/mol. The van der Waals surface area contributed by atoms with Crippen molar-refractivity contribution >= 4 is 17.2 Å². The number of nitrogens with one attached hydrogen (secondary N) is 1. The summed E-state index contributed by atoms with van der Waals surface area (Å²) in [7, 11) is 3.82. The average Bonchev–Trinajstić information content (AvgIpc) is 2.98. The van der Waals surface area contributed by atoms with E-state index in [1.54, 1.807) is 17.5 Å². The second-order valence-electron chi connectivity index (χ2n) is 5.07. The van der Waals surface area contributed by atoms with Crippen LogP contribution >= 0.6 is 11.3 Å². The van der Waals surface area contributed by atoms with Gasteiger partial charge in [-0.1, -0.05) is 12.1 Å². The smallest absolute Gasteiger partial charge is 0.270 e. The average molecular weight is 322 g/mol. The molecule has 0 aliphatic rings. The van der Waals surface area contributed by atoms with Gasteiger partial charge in [-0.3, -0.25) is 4.79 Å². The standard InChI is InChI=1S/C15H19FN4OS/c1-20(2)13(10-3-5-11(16)6-4-10)8-18-15(21)12-9-22-14(7-17)19-12/h3-6,9,13H,7-8,17H2,1-2H3,(H,18,21). The van der Waals surface area contributed by atoms with Crippen LogP contribution < -0.4 is 11.1 Å². The van der Waals surface area contributed by atoms with Gasteiger partial charge in [-0.15, -0.1) is 11.3 Å². The Balaban J connectivity index is 2.02. The van der Waals surface area contributed by atoms with Crippen LogP contribution in [0.4, 0.5) is 4.39 Å². The molecule has 0 bridgehead atoms. The Labute approximate surface area is 133 Å². The summed E-state index contributed by atoms with van der Waals surface area (Å²) in [6.45, 7) is 0.737. The molecule has 0 aliphatic carbocycles. The highest BCUT2D eigenvalue weighted by Crippen LogP contribution is 2.18. The molecule has 118 valence electrons. The van der Waals surface area contributed by atoms with Gasteiger partial charge >= 0.3 is 0 Å². The van der Waals surface area contributed by atoms with E-state index in [1.165, 1.54) is 23.5 Å². The number of benzene rings is 1. The van der Waals surface area contributed by atoms with Gasteiger partial charge in [0.05, 0.1) is 6.04 Å². The molecule has 3 N–H and O–H groups in total. The highest BCUT2D eigenvalue weighted by molar-refractivity contribution is 7.09. The predicted molar refractivity (Wildman–Crippen MR) is 85.2 cm³/mol. The largest absolute Gasteiger partial charge is 0.349 e. The van der Waals surface area contributed by atoms with Crippen LogP contribution in [0, 0.1) is 5.82 Å². The Morgan fingerprint density at radius 1 is 1.41 bits per heavy atom. The van der Waals surface area contributed by atoms with Crippen molar-refractivity contribution in [3.05, 3.63) is 51.7 Å². The fourth-order valence-electron chi connectivity index (χ4n) is 2.07. The van der Waals surface area contributed by atoms with Crippen LogP contribution in [0.1, 0.15) is 27.1 Å². The number of amides is 1. The number of likely N-dealkylation sites (N-methyl/N-ethyl adjacent to an activating group) is 1. The molecule has 0 radical (unpaired) electrons. The number of hydrogen-bond acceptors (Lipinski definition) is 5. The van der Waals surface area contributed by atoms with Crippen molar-refractivity contribution in [3.63, 3.8) is 0 Å². The second-order valence-corrected chi connectivity index (χ2v) is 6.01. The van der Waals surface area contributed by atoms with Crippen LogP contribution in [-0.4, -0.2) is 36.4 Å². The second kappa shape index (κ2) is 7.44. The Bertz CT molecular complexity index is 627. The summed E-state index contributed by atoms with van der Waals surface area (Å²) in [5, 5.41) is 5.28. The molecule has 0 saturated heterocycles. The van der Waals surface area contributed by atoms with Crippen LogP contribution in [0.15, 0.2) is 29.6 Å². The number of carbonyl (C=O) groups excluding carboxylic acids is 1. The Morgan fingerprint density at radius 3 is 2.64 bits per heavy atom. The van der Waals surface area contributed by atoms with E-state index in [9.17, 15) is 9.18 Å². The minimum absolute atomic E-state index is 0.0443. The molecule has 0 spiro atoms. The van der Waals surface area contributed by atoms with Crippen LogP contribution in [0.2, 0.25) is 0 Å².